The SMILES string of the molecule is CC(C)[C@@H](N)c1ccccc1C(=O)O. The van der Waals surface area contributed by atoms with Crippen molar-refractivity contribution in [2.75, 3.05) is 0 Å². The van der Waals surface area contributed by atoms with Gasteiger partial charge in [0.2, 0.25) is 0 Å². The van der Waals surface area contributed by atoms with Crippen LogP contribution in [0.25, 0.3) is 0 Å². The lowest BCUT2D eigenvalue weighted by atomic mass is 9.93. The topological polar surface area (TPSA) is 63.3 Å². The monoisotopic (exact) mass is 193 g/mol. The quantitative estimate of drug-likeness (QED) is 0.772. The third kappa shape index (κ3) is 2.12. The Bertz CT molecular complexity index is 334. The van der Waals surface area contributed by atoms with E-state index in [2.05, 4.69) is 0 Å². The van der Waals surface area contributed by atoms with E-state index < -0.39 is 5.97 Å². The van der Waals surface area contributed by atoms with Crippen LogP contribution < -0.4 is 5.73 Å². The average molecular weight is 193 g/mol. The Morgan fingerprint density at radius 2 is 1.93 bits per heavy atom. The highest BCUT2D eigenvalue weighted by Crippen LogP contribution is 2.22. The highest BCUT2D eigenvalue weighted by atomic mass is 16.4. The lowest BCUT2D eigenvalue weighted by Gasteiger charge is -2.17. The average Bonchev–Trinajstić information content (AvgIpc) is 2.16. The summed E-state index contributed by atoms with van der Waals surface area (Å²) in [5, 5.41) is 8.94. The van der Waals surface area contributed by atoms with E-state index in [9.17, 15) is 4.79 Å². The molecule has 3 nitrogen and oxygen atoms in total. The van der Waals surface area contributed by atoms with Gasteiger partial charge in [0.25, 0.3) is 0 Å². The van der Waals surface area contributed by atoms with E-state index in [-0.39, 0.29) is 12.0 Å². The summed E-state index contributed by atoms with van der Waals surface area (Å²) in [6, 6.07) is 6.65. The molecule has 0 bridgehead atoms. The minimum absolute atomic E-state index is 0.220. The molecule has 0 amide bonds. The molecule has 0 aliphatic rings. The fraction of sp³-hybridized carbons (Fsp3) is 0.364. The van der Waals surface area contributed by atoms with E-state index in [0.29, 0.717) is 11.1 Å². The second-order valence-electron chi connectivity index (χ2n) is 3.66. The first-order chi connectivity index (χ1) is 6.54. The van der Waals surface area contributed by atoms with E-state index >= 15 is 0 Å². The lowest BCUT2D eigenvalue weighted by Crippen LogP contribution is -2.19. The zero-order valence-electron chi connectivity index (χ0n) is 8.40. The fourth-order valence-electron chi connectivity index (χ4n) is 1.34. The molecular weight excluding hydrogens is 178 g/mol. The van der Waals surface area contributed by atoms with Crippen molar-refractivity contribution in [1.82, 2.24) is 0 Å². The van der Waals surface area contributed by atoms with Gasteiger partial charge in [0.1, 0.15) is 0 Å². The Morgan fingerprint density at radius 3 is 2.43 bits per heavy atom. The van der Waals surface area contributed by atoms with Crippen LogP contribution in [0.4, 0.5) is 0 Å². The number of carboxylic acids is 1. The summed E-state index contributed by atoms with van der Waals surface area (Å²) in [5.74, 6) is -0.688. The highest BCUT2D eigenvalue weighted by Gasteiger charge is 2.17. The normalized spacial score (nSPS) is 12.9. The minimum Gasteiger partial charge on any atom is -0.478 e. The number of carboxylic acid groups (broad SMARTS) is 1. The summed E-state index contributed by atoms with van der Waals surface area (Å²) in [7, 11) is 0. The molecule has 1 atom stereocenters. The Labute approximate surface area is 83.6 Å². The van der Waals surface area contributed by atoms with Crippen molar-refractivity contribution in [3.63, 3.8) is 0 Å². The van der Waals surface area contributed by atoms with Gasteiger partial charge in [0, 0.05) is 6.04 Å². The maximum Gasteiger partial charge on any atom is 0.336 e. The second-order valence-corrected chi connectivity index (χ2v) is 3.66. The predicted octanol–water partition coefficient (Wildman–Crippen LogP) is 2.04. The van der Waals surface area contributed by atoms with Crippen LogP contribution in [0.2, 0.25) is 0 Å². The Balaban J connectivity index is 3.13. The molecule has 14 heavy (non-hydrogen) atoms. The van der Waals surface area contributed by atoms with Crippen LogP contribution in [-0.2, 0) is 0 Å². The van der Waals surface area contributed by atoms with Crippen LogP contribution in [0.5, 0.6) is 0 Å². The van der Waals surface area contributed by atoms with Crippen molar-refractivity contribution in [3.8, 4) is 0 Å². The lowest BCUT2D eigenvalue weighted by molar-refractivity contribution is 0.0695. The van der Waals surface area contributed by atoms with Crippen LogP contribution >= 0.6 is 0 Å². The maximum atomic E-state index is 10.9. The van der Waals surface area contributed by atoms with Gasteiger partial charge < -0.3 is 10.8 Å². The van der Waals surface area contributed by atoms with Crippen molar-refractivity contribution >= 4 is 5.97 Å². The Kier molecular flexibility index (Phi) is 3.25. The molecule has 3 N–H and O–H groups in total. The first-order valence-corrected chi connectivity index (χ1v) is 4.62. The summed E-state index contributed by atoms with van der Waals surface area (Å²) in [5.41, 5.74) is 6.92. The standard InChI is InChI=1S/C11H15NO2/c1-7(2)10(12)8-5-3-4-6-9(8)11(13)14/h3-7,10H,12H2,1-2H3,(H,13,14)/t10-/m1/s1. The molecule has 0 unspecified atom stereocenters. The van der Waals surface area contributed by atoms with Crippen LogP contribution in [0.1, 0.15) is 35.8 Å². The van der Waals surface area contributed by atoms with Gasteiger partial charge in [0.05, 0.1) is 5.56 Å². The molecular formula is C11H15NO2. The van der Waals surface area contributed by atoms with Gasteiger partial charge >= 0.3 is 5.97 Å². The molecule has 1 aromatic rings. The summed E-state index contributed by atoms with van der Waals surface area (Å²) >= 11 is 0. The molecule has 0 aliphatic heterocycles. The molecule has 76 valence electrons. The molecule has 0 spiro atoms. The first kappa shape index (κ1) is 10.7. The number of hydrogen-bond donors (Lipinski definition) is 2. The molecule has 0 aliphatic carbocycles. The van der Waals surface area contributed by atoms with Crippen LogP contribution in [-0.4, -0.2) is 11.1 Å². The van der Waals surface area contributed by atoms with Gasteiger partial charge in [-0.2, -0.15) is 0 Å². The molecule has 3 heteroatoms. The van der Waals surface area contributed by atoms with Crippen LogP contribution in [0.3, 0.4) is 0 Å². The summed E-state index contributed by atoms with van der Waals surface area (Å²) in [6.07, 6.45) is 0. The molecule has 0 radical (unpaired) electrons. The van der Waals surface area contributed by atoms with E-state index in [0.717, 1.165) is 0 Å². The smallest absolute Gasteiger partial charge is 0.336 e. The van der Waals surface area contributed by atoms with Gasteiger partial charge in [-0.3, -0.25) is 0 Å². The maximum absolute atomic E-state index is 10.9. The minimum atomic E-state index is -0.920. The number of benzene rings is 1. The molecule has 0 heterocycles. The van der Waals surface area contributed by atoms with Gasteiger partial charge in [-0.05, 0) is 17.5 Å². The van der Waals surface area contributed by atoms with Gasteiger partial charge in [-0.1, -0.05) is 32.0 Å². The molecule has 0 saturated carbocycles. The third-order valence-electron chi connectivity index (χ3n) is 2.27. The Morgan fingerprint density at radius 1 is 1.36 bits per heavy atom. The number of carbonyl (C=O) groups is 1. The Hall–Kier alpha value is -1.35. The zero-order valence-corrected chi connectivity index (χ0v) is 8.40. The van der Waals surface area contributed by atoms with E-state index in [1.165, 1.54) is 0 Å². The fourth-order valence-corrected chi connectivity index (χ4v) is 1.34. The van der Waals surface area contributed by atoms with Crippen molar-refractivity contribution in [3.05, 3.63) is 35.4 Å². The van der Waals surface area contributed by atoms with Crippen molar-refractivity contribution < 1.29 is 9.90 Å². The molecule has 1 rings (SSSR count). The number of rotatable bonds is 3. The summed E-state index contributed by atoms with van der Waals surface area (Å²) in [6.45, 7) is 3.95. The largest absolute Gasteiger partial charge is 0.478 e. The first-order valence-electron chi connectivity index (χ1n) is 4.62. The number of nitrogens with two attached hydrogens (primary N) is 1. The van der Waals surface area contributed by atoms with E-state index in [4.69, 9.17) is 10.8 Å². The van der Waals surface area contributed by atoms with Gasteiger partial charge in [-0.15, -0.1) is 0 Å². The van der Waals surface area contributed by atoms with Crippen LogP contribution in [0.15, 0.2) is 24.3 Å². The van der Waals surface area contributed by atoms with Crippen LogP contribution in [0, 0.1) is 5.92 Å². The third-order valence-corrected chi connectivity index (χ3v) is 2.27. The summed E-state index contributed by atoms with van der Waals surface area (Å²) < 4.78 is 0. The molecule has 0 aromatic heterocycles. The van der Waals surface area contributed by atoms with Crippen molar-refractivity contribution in [1.29, 1.82) is 0 Å². The number of aromatic carboxylic acids is 1. The van der Waals surface area contributed by atoms with Gasteiger partial charge in [-0.25, -0.2) is 4.79 Å². The number of hydrogen-bond acceptors (Lipinski definition) is 2. The second kappa shape index (κ2) is 4.24. The summed E-state index contributed by atoms with van der Waals surface area (Å²) in [4.78, 5) is 10.9. The van der Waals surface area contributed by atoms with Crippen molar-refractivity contribution in [2.24, 2.45) is 11.7 Å². The zero-order chi connectivity index (χ0) is 10.7. The predicted molar refractivity (Wildman–Crippen MR) is 55.2 cm³/mol. The molecule has 0 saturated heterocycles. The van der Waals surface area contributed by atoms with E-state index in [1.807, 2.05) is 19.9 Å². The van der Waals surface area contributed by atoms with E-state index in [1.54, 1.807) is 18.2 Å². The van der Waals surface area contributed by atoms with Crippen molar-refractivity contribution in [2.45, 2.75) is 19.9 Å². The highest BCUT2D eigenvalue weighted by molar-refractivity contribution is 5.89. The molecule has 0 fully saturated rings. The van der Waals surface area contributed by atoms with Gasteiger partial charge in [0.15, 0.2) is 0 Å². The molecule has 1 aromatic carbocycles.